The fourth-order valence-corrected chi connectivity index (χ4v) is 4.62. The van der Waals surface area contributed by atoms with E-state index in [4.69, 9.17) is 16.3 Å². The van der Waals surface area contributed by atoms with Crippen molar-refractivity contribution in [3.05, 3.63) is 58.6 Å². The predicted octanol–water partition coefficient (Wildman–Crippen LogP) is 3.27. The standard InChI is InChI=1S/C21H23ClN2O5S/c1-15-2-4-16(5-3-15)20(25)8-9-21(26)23-19-14-17(6-7-18(19)22)30(27,28)24-10-12-29-13-11-24/h2-7,14H,8-13H2,1H3,(H,23,26). The number of rotatable bonds is 7. The van der Waals surface area contributed by atoms with E-state index >= 15 is 0 Å². The molecule has 3 rings (SSSR count). The number of carbonyl (C=O) groups excluding carboxylic acids is 2. The number of Topliss-reactive ketones (excluding diaryl/α,β-unsaturated/α-hetero) is 1. The Bertz CT molecular complexity index is 1030. The van der Waals surface area contributed by atoms with Gasteiger partial charge in [0.15, 0.2) is 5.78 Å². The molecule has 2 aromatic carbocycles. The molecule has 0 bridgehead atoms. The maximum absolute atomic E-state index is 12.8. The number of ketones is 1. The van der Waals surface area contributed by atoms with E-state index in [0.29, 0.717) is 18.8 Å². The van der Waals surface area contributed by atoms with Crippen LogP contribution in [-0.2, 0) is 19.6 Å². The van der Waals surface area contributed by atoms with Gasteiger partial charge >= 0.3 is 0 Å². The number of hydrogen-bond acceptors (Lipinski definition) is 5. The van der Waals surface area contributed by atoms with E-state index in [0.717, 1.165) is 5.56 Å². The zero-order chi connectivity index (χ0) is 21.7. The Hall–Kier alpha value is -2.26. The number of benzene rings is 2. The zero-order valence-electron chi connectivity index (χ0n) is 16.6. The molecule has 0 radical (unpaired) electrons. The minimum absolute atomic E-state index is 0.0382. The molecule has 1 N–H and O–H groups in total. The van der Waals surface area contributed by atoms with Gasteiger partial charge in [-0.1, -0.05) is 41.4 Å². The average molecular weight is 451 g/mol. The Kier molecular flexibility index (Phi) is 7.25. The van der Waals surface area contributed by atoms with Crippen LogP contribution in [0.4, 0.5) is 5.69 Å². The molecular formula is C21H23ClN2O5S. The van der Waals surface area contributed by atoms with Gasteiger partial charge in [0.05, 0.1) is 28.8 Å². The molecule has 30 heavy (non-hydrogen) atoms. The van der Waals surface area contributed by atoms with Crippen LogP contribution in [0.15, 0.2) is 47.4 Å². The van der Waals surface area contributed by atoms with E-state index in [1.54, 1.807) is 12.1 Å². The summed E-state index contributed by atoms with van der Waals surface area (Å²) in [4.78, 5) is 24.6. The number of amides is 1. The number of morpholine rings is 1. The van der Waals surface area contributed by atoms with Crippen molar-refractivity contribution in [3.8, 4) is 0 Å². The highest BCUT2D eigenvalue weighted by molar-refractivity contribution is 7.89. The molecule has 7 nitrogen and oxygen atoms in total. The minimum Gasteiger partial charge on any atom is -0.379 e. The van der Waals surface area contributed by atoms with Crippen LogP contribution >= 0.6 is 11.6 Å². The number of sulfonamides is 1. The number of anilines is 1. The van der Waals surface area contributed by atoms with Crippen molar-refractivity contribution in [1.29, 1.82) is 0 Å². The average Bonchev–Trinajstić information content (AvgIpc) is 2.74. The minimum atomic E-state index is -3.71. The molecule has 1 saturated heterocycles. The maximum Gasteiger partial charge on any atom is 0.243 e. The van der Waals surface area contributed by atoms with Crippen LogP contribution in [0.1, 0.15) is 28.8 Å². The molecule has 2 aromatic rings. The molecule has 160 valence electrons. The first-order chi connectivity index (χ1) is 14.3. The third-order valence-electron chi connectivity index (χ3n) is 4.77. The van der Waals surface area contributed by atoms with Crippen molar-refractivity contribution < 1.29 is 22.7 Å². The second-order valence-corrected chi connectivity index (χ2v) is 9.34. The van der Waals surface area contributed by atoms with Gasteiger partial charge in [-0.3, -0.25) is 9.59 Å². The molecule has 1 aliphatic rings. The first-order valence-electron chi connectivity index (χ1n) is 9.54. The highest BCUT2D eigenvalue weighted by Crippen LogP contribution is 2.27. The molecule has 0 unspecified atom stereocenters. The monoisotopic (exact) mass is 450 g/mol. The topological polar surface area (TPSA) is 92.8 Å². The normalized spacial score (nSPS) is 15.0. The van der Waals surface area contributed by atoms with Crippen LogP contribution in [0, 0.1) is 6.92 Å². The van der Waals surface area contributed by atoms with E-state index in [9.17, 15) is 18.0 Å². The van der Waals surface area contributed by atoms with Crippen molar-refractivity contribution >= 4 is 39.0 Å². The van der Waals surface area contributed by atoms with Gasteiger partial charge in [0.1, 0.15) is 0 Å². The summed E-state index contributed by atoms with van der Waals surface area (Å²) < 4.78 is 32.1. The smallest absolute Gasteiger partial charge is 0.243 e. The molecule has 0 saturated carbocycles. The second-order valence-electron chi connectivity index (χ2n) is 7.00. The summed E-state index contributed by atoms with van der Waals surface area (Å²) in [5, 5.41) is 2.83. The highest BCUT2D eigenvalue weighted by Gasteiger charge is 2.27. The van der Waals surface area contributed by atoms with E-state index < -0.39 is 15.9 Å². The quantitative estimate of drug-likeness (QED) is 0.653. The number of halogens is 1. The van der Waals surface area contributed by atoms with Crippen LogP contribution in [0.3, 0.4) is 0 Å². The Morgan fingerprint density at radius 1 is 1.07 bits per heavy atom. The summed E-state index contributed by atoms with van der Waals surface area (Å²) in [6.45, 7) is 3.15. The van der Waals surface area contributed by atoms with Gasteiger partial charge in [-0.25, -0.2) is 8.42 Å². The fraction of sp³-hybridized carbons (Fsp3) is 0.333. The number of hydrogen-bond donors (Lipinski definition) is 1. The van der Waals surface area contributed by atoms with Gasteiger partial charge in [0.25, 0.3) is 0 Å². The number of carbonyl (C=O) groups is 2. The lowest BCUT2D eigenvalue weighted by Crippen LogP contribution is -2.40. The predicted molar refractivity (Wildman–Crippen MR) is 114 cm³/mol. The Balaban J connectivity index is 1.65. The van der Waals surface area contributed by atoms with Crippen LogP contribution in [0.25, 0.3) is 0 Å². The first-order valence-corrected chi connectivity index (χ1v) is 11.4. The van der Waals surface area contributed by atoms with Crippen molar-refractivity contribution in [2.45, 2.75) is 24.7 Å². The summed E-state index contributed by atoms with van der Waals surface area (Å²) in [7, 11) is -3.71. The Morgan fingerprint density at radius 3 is 2.40 bits per heavy atom. The fourth-order valence-electron chi connectivity index (χ4n) is 3.02. The molecule has 1 fully saturated rings. The Labute approximate surface area is 181 Å². The third kappa shape index (κ3) is 5.46. The lowest BCUT2D eigenvalue weighted by atomic mass is 10.0. The van der Waals surface area contributed by atoms with E-state index in [-0.39, 0.29) is 47.3 Å². The molecule has 0 aliphatic carbocycles. The van der Waals surface area contributed by atoms with Crippen LogP contribution in [0.2, 0.25) is 5.02 Å². The van der Waals surface area contributed by atoms with Gasteiger partial charge in [0.2, 0.25) is 15.9 Å². The van der Waals surface area contributed by atoms with Crippen LogP contribution in [-0.4, -0.2) is 50.7 Å². The summed E-state index contributed by atoms with van der Waals surface area (Å²) in [6.07, 6.45) is 0.00175. The van der Waals surface area contributed by atoms with Crippen LogP contribution in [0.5, 0.6) is 0 Å². The third-order valence-corrected chi connectivity index (χ3v) is 7.00. The number of nitrogens with one attached hydrogen (secondary N) is 1. The molecule has 0 aromatic heterocycles. The van der Waals surface area contributed by atoms with E-state index in [2.05, 4.69) is 5.32 Å². The lowest BCUT2D eigenvalue weighted by molar-refractivity contribution is -0.116. The number of ether oxygens (including phenoxy) is 1. The summed E-state index contributed by atoms with van der Waals surface area (Å²) in [5.41, 5.74) is 1.79. The molecule has 1 aliphatic heterocycles. The second kappa shape index (κ2) is 9.70. The van der Waals surface area contributed by atoms with Gasteiger partial charge in [0, 0.05) is 31.5 Å². The van der Waals surface area contributed by atoms with Gasteiger partial charge in [-0.2, -0.15) is 4.31 Å². The van der Waals surface area contributed by atoms with Gasteiger partial charge in [-0.15, -0.1) is 0 Å². The van der Waals surface area contributed by atoms with Gasteiger partial charge in [-0.05, 0) is 25.1 Å². The molecule has 1 heterocycles. The number of aryl methyl sites for hydroxylation is 1. The van der Waals surface area contributed by atoms with Crippen molar-refractivity contribution in [3.63, 3.8) is 0 Å². The largest absolute Gasteiger partial charge is 0.379 e. The first kappa shape index (κ1) is 22.4. The summed E-state index contributed by atoms with van der Waals surface area (Å²) in [5.74, 6) is -0.557. The summed E-state index contributed by atoms with van der Waals surface area (Å²) in [6, 6.07) is 11.3. The van der Waals surface area contributed by atoms with Crippen molar-refractivity contribution in [2.75, 3.05) is 31.6 Å². The highest BCUT2D eigenvalue weighted by atomic mass is 35.5. The molecule has 0 spiro atoms. The number of nitrogens with zero attached hydrogens (tertiary/aromatic N) is 1. The van der Waals surface area contributed by atoms with Gasteiger partial charge < -0.3 is 10.1 Å². The SMILES string of the molecule is Cc1ccc(C(=O)CCC(=O)Nc2cc(S(=O)(=O)N3CCOCC3)ccc2Cl)cc1. The lowest BCUT2D eigenvalue weighted by Gasteiger charge is -2.26. The molecule has 9 heteroatoms. The maximum atomic E-state index is 12.8. The summed E-state index contributed by atoms with van der Waals surface area (Å²) >= 11 is 6.14. The molecular weight excluding hydrogens is 428 g/mol. The molecule has 0 atom stereocenters. The Morgan fingerprint density at radius 2 is 1.73 bits per heavy atom. The molecule has 1 amide bonds. The van der Waals surface area contributed by atoms with Crippen LogP contribution < -0.4 is 5.32 Å². The van der Waals surface area contributed by atoms with Crippen molar-refractivity contribution in [1.82, 2.24) is 4.31 Å². The van der Waals surface area contributed by atoms with E-state index in [1.807, 2.05) is 19.1 Å². The van der Waals surface area contributed by atoms with E-state index in [1.165, 1.54) is 22.5 Å². The van der Waals surface area contributed by atoms with Crippen molar-refractivity contribution in [2.24, 2.45) is 0 Å². The zero-order valence-corrected chi connectivity index (χ0v) is 18.1.